The molecule has 4 aromatic rings. The largest absolute Gasteiger partial charge is 0.493 e. The van der Waals surface area contributed by atoms with Crippen molar-refractivity contribution in [1.82, 2.24) is 0 Å². The predicted octanol–water partition coefficient (Wildman–Crippen LogP) is 5.55. The second-order valence-electron chi connectivity index (χ2n) is 11.0. The Bertz CT molecular complexity index is 1800. The topological polar surface area (TPSA) is 179 Å². The number of benzene rings is 2. The first kappa shape index (κ1) is 41.6. The van der Waals surface area contributed by atoms with Crippen LogP contribution in [-0.2, 0) is 33.3 Å². The molecule has 0 fully saturated rings. The number of aliphatic carboxylic acids is 1. The number of hydrogen-bond acceptors (Lipinski definition) is 15. The fourth-order valence-electron chi connectivity index (χ4n) is 5.21. The normalized spacial score (nSPS) is 12.5. The van der Waals surface area contributed by atoms with Crippen LogP contribution in [0.15, 0.2) is 36.4 Å². The smallest absolute Gasteiger partial charge is 0.317 e. The monoisotopic (exact) mass is 762 g/mol. The van der Waals surface area contributed by atoms with E-state index in [0.29, 0.717) is 32.8 Å². The van der Waals surface area contributed by atoms with Gasteiger partial charge in [-0.2, -0.15) is 0 Å². The average Bonchev–Trinajstić information content (AvgIpc) is 3.76. The van der Waals surface area contributed by atoms with Crippen molar-refractivity contribution in [3.8, 4) is 23.0 Å². The Labute approximate surface area is 308 Å². The Hall–Kier alpha value is -4.77. The van der Waals surface area contributed by atoms with Gasteiger partial charge in [-0.1, -0.05) is 0 Å². The number of fused-ring (bicyclic) bond motifs is 2. The average molecular weight is 763 g/mol. The lowest BCUT2D eigenvalue weighted by Gasteiger charge is -2.21. The zero-order valence-corrected chi connectivity index (χ0v) is 31.7. The molecule has 16 heteroatoms. The van der Waals surface area contributed by atoms with Crippen molar-refractivity contribution in [3.05, 3.63) is 46.2 Å². The summed E-state index contributed by atoms with van der Waals surface area (Å²) in [5.41, 5.74) is 0. The number of carbonyl (C=O) groups is 5. The summed E-state index contributed by atoms with van der Waals surface area (Å²) in [5, 5.41) is 10.7. The van der Waals surface area contributed by atoms with Gasteiger partial charge in [-0.15, -0.1) is 22.7 Å². The van der Waals surface area contributed by atoms with E-state index in [-0.39, 0.29) is 32.0 Å². The highest BCUT2D eigenvalue weighted by molar-refractivity contribution is 7.21. The second kappa shape index (κ2) is 19.7. The maximum atomic E-state index is 13.3. The summed E-state index contributed by atoms with van der Waals surface area (Å²) in [7, 11) is 10.1. The van der Waals surface area contributed by atoms with Crippen LogP contribution in [0.5, 0.6) is 23.0 Å². The molecule has 0 aliphatic rings. The Morgan fingerprint density at radius 3 is 1.58 bits per heavy atom. The van der Waals surface area contributed by atoms with E-state index >= 15 is 0 Å². The Balaban J connectivity index is 0.000000288. The van der Waals surface area contributed by atoms with Crippen molar-refractivity contribution in [3.63, 3.8) is 0 Å². The molecule has 14 nitrogen and oxygen atoms in total. The van der Waals surface area contributed by atoms with Crippen LogP contribution in [0.1, 0.15) is 32.7 Å². The molecule has 52 heavy (non-hydrogen) atoms. The fraction of sp³-hybridized carbons (Fsp3) is 0.417. The van der Waals surface area contributed by atoms with Crippen molar-refractivity contribution in [2.45, 2.75) is 13.3 Å². The van der Waals surface area contributed by atoms with Crippen LogP contribution in [-0.4, -0.2) is 104 Å². The molecule has 0 saturated heterocycles. The third kappa shape index (κ3) is 9.97. The Morgan fingerprint density at radius 1 is 0.654 bits per heavy atom. The van der Waals surface area contributed by atoms with Crippen LogP contribution in [0.3, 0.4) is 0 Å². The zero-order valence-electron chi connectivity index (χ0n) is 30.1. The molecule has 2 aromatic heterocycles. The number of carboxylic acid groups (broad SMARTS) is 1. The first-order valence-corrected chi connectivity index (χ1v) is 17.4. The molecule has 3 unspecified atom stereocenters. The van der Waals surface area contributed by atoms with Gasteiger partial charge in [0.25, 0.3) is 0 Å². The quantitative estimate of drug-likeness (QED) is 0.0757. The second-order valence-corrected chi connectivity index (χ2v) is 13.2. The van der Waals surface area contributed by atoms with Gasteiger partial charge in [0.1, 0.15) is 11.8 Å². The van der Waals surface area contributed by atoms with Crippen LogP contribution in [0.2, 0.25) is 0 Å². The minimum atomic E-state index is -1.38. The summed E-state index contributed by atoms with van der Waals surface area (Å²) in [4.78, 5) is 62.4. The number of rotatable bonds is 18. The maximum Gasteiger partial charge on any atom is 0.317 e. The highest BCUT2D eigenvalue weighted by Gasteiger charge is 2.42. The SMILES string of the molecule is CCOC(=O)C(C(=O)c1cc2cc(OC)c(OC)cc2s1)C(COC)C(=O)OC.COCC(CC(=O)c1cc2cc(OC)c(OC)cc2s1)C(=O)O. The summed E-state index contributed by atoms with van der Waals surface area (Å²) in [6, 6.07) is 10.5. The van der Waals surface area contributed by atoms with Gasteiger partial charge >= 0.3 is 17.9 Å². The summed E-state index contributed by atoms with van der Waals surface area (Å²) in [6.45, 7) is 1.55. The number of Topliss-reactive ketones (excluding diaryl/α,β-unsaturated/α-hetero) is 2. The van der Waals surface area contributed by atoms with Crippen molar-refractivity contribution in [1.29, 1.82) is 0 Å². The van der Waals surface area contributed by atoms with Crippen LogP contribution < -0.4 is 18.9 Å². The molecular weight excluding hydrogens is 721 g/mol. The van der Waals surface area contributed by atoms with E-state index in [2.05, 4.69) is 0 Å². The van der Waals surface area contributed by atoms with Gasteiger partial charge < -0.3 is 43.0 Å². The molecule has 1 N–H and O–H groups in total. The molecule has 0 amide bonds. The highest BCUT2D eigenvalue weighted by atomic mass is 32.1. The number of ketones is 2. The number of methoxy groups -OCH3 is 7. The number of hydrogen-bond donors (Lipinski definition) is 1. The van der Waals surface area contributed by atoms with Gasteiger partial charge in [-0.3, -0.25) is 24.0 Å². The van der Waals surface area contributed by atoms with E-state index in [1.54, 1.807) is 57.5 Å². The van der Waals surface area contributed by atoms with Crippen LogP contribution >= 0.6 is 22.7 Å². The van der Waals surface area contributed by atoms with E-state index in [9.17, 15) is 24.0 Å². The molecule has 2 aromatic carbocycles. The lowest BCUT2D eigenvalue weighted by atomic mass is 9.88. The maximum absolute atomic E-state index is 13.3. The summed E-state index contributed by atoms with van der Waals surface area (Å²) in [6.07, 6.45) is -0.0930. The van der Waals surface area contributed by atoms with Gasteiger partial charge in [-0.25, -0.2) is 0 Å². The van der Waals surface area contributed by atoms with Gasteiger partial charge in [0, 0.05) is 42.2 Å². The summed E-state index contributed by atoms with van der Waals surface area (Å²) >= 11 is 2.49. The van der Waals surface area contributed by atoms with Crippen molar-refractivity contribution < 1.29 is 67.0 Å². The van der Waals surface area contributed by atoms with Gasteiger partial charge in [0.05, 0.1) is 71.0 Å². The molecule has 0 aliphatic heterocycles. The molecule has 0 aliphatic carbocycles. The molecule has 0 bridgehead atoms. The van der Waals surface area contributed by atoms with Crippen molar-refractivity contribution in [2.75, 3.05) is 69.6 Å². The number of ether oxygens (including phenoxy) is 8. The fourth-order valence-corrected chi connectivity index (χ4v) is 7.28. The molecule has 282 valence electrons. The number of carbonyl (C=O) groups excluding carboxylic acids is 4. The molecule has 0 saturated carbocycles. The summed E-state index contributed by atoms with van der Waals surface area (Å²) in [5.74, 6) is -4.43. The van der Waals surface area contributed by atoms with Crippen LogP contribution in [0, 0.1) is 17.8 Å². The van der Waals surface area contributed by atoms with Crippen molar-refractivity contribution in [2.24, 2.45) is 17.8 Å². The molecule has 0 spiro atoms. The molecule has 4 rings (SSSR count). The molecule has 2 heterocycles. The molecule has 0 radical (unpaired) electrons. The number of carboxylic acids is 1. The molecular formula is C36H42O14S2. The van der Waals surface area contributed by atoms with Gasteiger partial charge in [0.15, 0.2) is 34.6 Å². The van der Waals surface area contributed by atoms with Crippen LogP contribution in [0.25, 0.3) is 20.2 Å². The van der Waals surface area contributed by atoms with Gasteiger partial charge in [0.2, 0.25) is 0 Å². The Kier molecular flexibility index (Phi) is 15.8. The lowest BCUT2D eigenvalue weighted by molar-refractivity contribution is -0.158. The number of esters is 2. The third-order valence-corrected chi connectivity index (χ3v) is 10.0. The third-order valence-electron chi connectivity index (χ3n) is 7.79. The summed E-state index contributed by atoms with van der Waals surface area (Å²) < 4.78 is 42.5. The predicted molar refractivity (Wildman–Crippen MR) is 194 cm³/mol. The zero-order chi connectivity index (χ0) is 38.5. The number of thiophene rings is 2. The minimum absolute atomic E-state index is 0.00755. The first-order valence-electron chi connectivity index (χ1n) is 15.7. The van der Waals surface area contributed by atoms with E-state index in [1.165, 1.54) is 58.2 Å². The minimum Gasteiger partial charge on any atom is -0.493 e. The van der Waals surface area contributed by atoms with E-state index in [1.807, 2.05) is 0 Å². The van der Waals surface area contributed by atoms with Gasteiger partial charge in [-0.05, 0) is 42.0 Å². The van der Waals surface area contributed by atoms with Crippen LogP contribution in [0.4, 0.5) is 0 Å². The Morgan fingerprint density at radius 2 is 1.13 bits per heavy atom. The van der Waals surface area contributed by atoms with Crippen molar-refractivity contribution >= 4 is 72.3 Å². The van der Waals surface area contributed by atoms with E-state index in [4.69, 9.17) is 43.0 Å². The standard InChI is InChI=1S/C20H24O8S.C16H18O6S/c1-6-28-20(23)17(12(10-24-2)19(22)27-5)18(21)16-8-11-7-13(25-3)14(26-4)9-15(11)29-16;1-20-8-10(16(18)19)4-11(17)15-6-9-5-12(21-2)13(22-3)7-14(9)23-15/h7-9,12,17H,6,10H2,1-5H3;5-7,10H,4,8H2,1-3H3,(H,18,19). The van der Waals surface area contributed by atoms with E-state index in [0.717, 1.165) is 20.2 Å². The molecule has 3 atom stereocenters. The van der Waals surface area contributed by atoms with E-state index < -0.39 is 41.4 Å². The first-order chi connectivity index (χ1) is 24.9. The lowest BCUT2D eigenvalue weighted by Crippen LogP contribution is -2.40. The highest BCUT2D eigenvalue weighted by Crippen LogP contribution is 2.39.